The van der Waals surface area contributed by atoms with Gasteiger partial charge in [-0.25, -0.2) is 0 Å². The molecule has 1 fully saturated rings. The summed E-state index contributed by atoms with van der Waals surface area (Å²) < 4.78 is 5.67. The Morgan fingerprint density at radius 1 is 0.912 bits per heavy atom. The summed E-state index contributed by atoms with van der Waals surface area (Å²) in [6.07, 6.45) is 3.23. The van der Waals surface area contributed by atoms with Crippen molar-refractivity contribution in [2.75, 3.05) is 4.90 Å². The van der Waals surface area contributed by atoms with Gasteiger partial charge in [0.1, 0.15) is 11.5 Å². The van der Waals surface area contributed by atoms with Crippen molar-refractivity contribution < 1.29 is 19.4 Å². The van der Waals surface area contributed by atoms with E-state index in [1.54, 1.807) is 48.8 Å². The highest BCUT2D eigenvalue weighted by atomic mass is 16.5. The number of rotatable bonds is 6. The number of aromatic nitrogens is 1. The molecule has 1 unspecified atom stereocenters. The zero-order valence-corrected chi connectivity index (χ0v) is 19.7. The molecule has 1 N–H and O–H groups in total. The van der Waals surface area contributed by atoms with Gasteiger partial charge in [-0.15, -0.1) is 0 Å². The summed E-state index contributed by atoms with van der Waals surface area (Å²) in [5.41, 5.74) is 2.88. The van der Waals surface area contributed by atoms with E-state index < -0.39 is 17.7 Å². The minimum Gasteiger partial charge on any atom is -0.507 e. The number of ketones is 1. The van der Waals surface area contributed by atoms with E-state index in [1.165, 1.54) is 4.90 Å². The largest absolute Gasteiger partial charge is 0.507 e. The highest BCUT2D eigenvalue weighted by molar-refractivity contribution is 6.51. The number of Topliss-reactive ketones (excluding diaryl/α,β-unsaturated/α-hetero) is 1. The summed E-state index contributed by atoms with van der Waals surface area (Å²) in [5.74, 6) is -0.640. The molecule has 1 amide bonds. The molecule has 1 atom stereocenters. The molecular weight excluding hydrogens is 428 g/mol. The van der Waals surface area contributed by atoms with E-state index in [2.05, 4.69) is 18.8 Å². The fourth-order valence-electron chi connectivity index (χ4n) is 4.10. The molecule has 0 saturated carbocycles. The van der Waals surface area contributed by atoms with Crippen molar-refractivity contribution in [2.45, 2.75) is 45.8 Å². The molecule has 1 aromatic heterocycles. The van der Waals surface area contributed by atoms with Crippen LogP contribution in [0.3, 0.4) is 0 Å². The number of ether oxygens (including phenoxy) is 1. The van der Waals surface area contributed by atoms with E-state index in [0.717, 1.165) is 5.56 Å². The number of anilines is 1. The van der Waals surface area contributed by atoms with Crippen LogP contribution in [0.5, 0.6) is 5.75 Å². The molecule has 1 saturated heterocycles. The Labute approximate surface area is 199 Å². The normalized spacial score (nSPS) is 17.6. The number of hydrogen-bond donors (Lipinski definition) is 1. The van der Waals surface area contributed by atoms with Crippen molar-refractivity contribution in [1.82, 2.24) is 4.98 Å². The number of hydrogen-bond acceptors (Lipinski definition) is 5. The van der Waals surface area contributed by atoms with Crippen LogP contribution >= 0.6 is 0 Å². The molecule has 0 spiro atoms. The van der Waals surface area contributed by atoms with Gasteiger partial charge in [0, 0.05) is 23.6 Å². The summed E-state index contributed by atoms with van der Waals surface area (Å²) >= 11 is 0. The predicted octanol–water partition coefficient (Wildman–Crippen LogP) is 5.62. The summed E-state index contributed by atoms with van der Waals surface area (Å²) in [6, 6.07) is 17.1. The van der Waals surface area contributed by atoms with Crippen LogP contribution in [0.1, 0.15) is 56.3 Å². The SMILES string of the molecule is CC(C)Oc1ccc(/C(O)=C2\C(=O)C(=O)N(c3ccc(C(C)C)cc3)C2c2ccncc2)cc1. The van der Waals surface area contributed by atoms with Crippen molar-refractivity contribution in [1.29, 1.82) is 0 Å². The molecule has 2 heterocycles. The first kappa shape index (κ1) is 23.2. The van der Waals surface area contributed by atoms with E-state index in [4.69, 9.17) is 4.74 Å². The van der Waals surface area contributed by atoms with Gasteiger partial charge < -0.3 is 9.84 Å². The van der Waals surface area contributed by atoms with E-state index >= 15 is 0 Å². The van der Waals surface area contributed by atoms with Crippen molar-refractivity contribution in [2.24, 2.45) is 0 Å². The molecule has 2 aromatic carbocycles. The lowest BCUT2D eigenvalue weighted by molar-refractivity contribution is -0.132. The van der Waals surface area contributed by atoms with Crippen LogP contribution in [0.15, 0.2) is 78.6 Å². The smallest absolute Gasteiger partial charge is 0.300 e. The summed E-state index contributed by atoms with van der Waals surface area (Å²) in [4.78, 5) is 32.0. The second-order valence-electron chi connectivity index (χ2n) is 8.89. The lowest BCUT2D eigenvalue weighted by Crippen LogP contribution is -2.29. The second-order valence-corrected chi connectivity index (χ2v) is 8.89. The standard InChI is InChI=1S/C28H28N2O4/c1-17(2)19-5-9-22(10-6-19)30-25(20-13-15-29-16-14-20)24(27(32)28(30)33)26(31)21-7-11-23(12-8-21)34-18(3)4/h5-18,25,31H,1-4H3/b26-24+. The first-order chi connectivity index (χ1) is 16.3. The molecule has 3 aromatic rings. The molecular formula is C28H28N2O4. The molecule has 6 heteroatoms. The van der Waals surface area contributed by atoms with Gasteiger partial charge in [0.25, 0.3) is 11.7 Å². The van der Waals surface area contributed by atoms with Gasteiger partial charge in [-0.05, 0) is 79.4 Å². The van der Waals surface area contributed by atoms with Crippen LogP contribution in [0.4, 0.5) is 5.69 Å². The average molecular weight is 457 g/mol. The Kier molecular flexibility index (Phi) is 6.50. The lowest BCUT2D eigenvalue weighted by atomic mass is 9.95. The fraction of sp³-hybridized carbons (Fsp3) is 0.250. The van der Waals surface area contributed by atoms with Crippen LogP contribution in [0.2, 0.25) is 0 Å². The van der Waals surface area contributed by atoms with Gasteiger partial charge in [-0.1, -0.05) is 26.0 Å². The van der Waals surface area contributed by atoms with E-state index in [0.29, 0.717) is 28.5 Å². The third kappa shape index (κ3) is 4.44. The van der Waals surface area contributed by atoms with Gasteiger partial charge in [-0.2, -0.15) is 0 Å². The van der Waals surface area contributed by atoms with Crippen molar-refractivity contribution in [3.05, 3.63) is 95.3 Å². The number of pyridine rings is 1. The third-order valence-corrected chi connectivity index (χ3v) is 5.80. The van der Waals surface area contributed by atoms with Crippen molar-refractivity contribution >= 4 is 23.1 Å². The minimum absolute atomic E-state index is 0.0125. The van der Waals surface area contributed by atoms with Gasteiger partial charge >= 0.3 is 0 Å². The Bertz CT molecular complexity index is 1210. The molecule has 174 valence electrons. The number of amides is 1. The maximum absolute atomic E-state index is 13.2. The van der Waals surface area contributed by atoms with Crippen LogP contribution in [-0.4, -0.2) is 27.9 Å². The van der Waals surface area contributed by atoms with Gasteiger partial charge in [0.05, 0.1) is 17.7 Å². The molecule has 1 aliphatic heterocycles. The topological polar surface area (TPSA) is 79.7 Å². The van der Waals surface area contributed by atoms with Crippen LogP contribution in [0, 0.1) is 0 Å². The van der Waals surface area contributed by atoms with E-state index in [-0.39, 0.29) is 17.4 Å². The highest BCUT2D eigenvalue weighted by Gasteiger charge is 2.46. The van der Waals surface area contributed by atoms with Crippen molar-refractivity contribution in [3.8, 4) is 5.75 Å². The highest BCUT2D eigenvalue weighted by Crippen LogP contribution is 2.42. The molecule has 0 aliphatic carbocycles. The zero-order valence-electron chi connectivity index (χ0n) is 19.7. The summed E-state index contributed by atoms with van der Waals surface area (Å²) in [5, 5.41) is 11.2. The number of benzene rings is 2. The molecule has 0 radical (unpaired) electrons. The van der Waals surface area contributed by atoms with Crippen LogP contribution in [-0.2, 0) is 9.59 Å². The monoisotopic (exact) mass is 456 g/mol. The van der Waals surface area contributed by atoms with Crippen molar-refractivity contribution in [3.63, 3.8) is 0 Å². The number of carbonyl (C=O) groups is 2. The number of aliphatic hydroxyl groups excluding tert-OH is 1. The number of aliphatic hydroxyl groups is 1. The van der Waals surface area contributed by atoms with Gasteiger partial charge in [-0.3, -0.25) is 19.5 Å². The van der Waals surface area contributed by atoms with E-state index in [1.807, 2.05) is 38.1 Å². The Hall–Kier alpha value is -3.93. The Morgan fingerprint density at radius 2 is 1.53 bits per heavy atom. The maximum Gasteiger partial charge on any atom is 0.300 e. The minimum atomic E-state index is -0.778. The van der Waals surface area contributed by atoms with Gasteiger partial charge in [0.15, 0.2) is 0 Å². The fourth-order valence-corrected chi connectivity index (χ4v) is 4.10. The molecule has 4 rings (SSSR count). The average Bonchev–Trinajstić information content (AvgIpc) is 3.10. The Balaban J connectivity index is 1.82. The summed E-state index contributed by atoms with van der Waals surface area (Å²) in [6.45, 7) is 8.04. The molecule has 1 aliphatic rings. The molecule has 0 bridgehead atoms. The third-order valence-electron chi connectivity index (χ3n) is 5.80. The predicted molar refractivity (Wildman–Crippen MR) is 132 cm³/mol. The molecule has 6 nitrogen and oxygen atoms in total. The Morgan fingerprint density at radius 3 is 2.09 bits per heavy atom. The van der Waals surface area contributed by atoms with Gasteiger partial charge in [0.2, 0.25) is 0 Å². The first-order valence-electron chi connectivity index (χ1n) is 11.4. The lowest BCUT2D eigenvalue weighted by Gasteiger charge is -2.25. The first-order valence-corrected chi connectivity index (χ1v) is 11.4. The number of nitrogens with zero attached hydrogens (tertiary/aromatic N) is 2. The zero-order chi connectivity index (χ0) is 24.4. The van der Waals surface area contributed by atoms with E-state index in [9.17, 15) is 14.7 Å². The van der Waals surface area contributed by atoms with Crippen LogP contribution in [0.25, 0.3) is 5.76 Å². The summed E-state index contributed by atoms with van der Waals surface area (Å²) in [7, 11) is 0. The number of carbonyl (C=O) groups excluding carboxylic acids is 2. The van der Waals surface area contributed by atoms with Crippen LogP contribution < -0.4 is 9.64 Å². The molecule has 34 heavy (non-hydrogen) atoms. The second kappa shape index (κ2) is 9.51. The maximum atomic E-state index is 13.2. The quantitative estimate of drug-likeness (QED) is 0.296.